The van der Waals surface area contributed by atoms with Crippen molar-refractivity contribution in [3.8, 4) is 5.75 Å². The fourth-order valence-electron chi connectivity index (χ4n) is 2.86. The molecule has 0 bridgehead atoms. The topological polar surface area (TPSA) is 51.5 Å². The van der Waals surface area contributed by atoms with E-state index in [1.165, 1.54) is 0 Å². The van der Waals surface area contributed by atoms with Crippen LogP contribution in [0, 0.1) is 0 Å². The number of amides is 1. The number of hydrogen-bond donors (Lipinski definition) is 1. The quantitative estimate of drug-likeness (QED) is 0.503. The monoisotopic (exact) mass is 365 g/mol. The van der Waals surface area contributed by atoms with Gasteiger partial charge in [0.25, 0.3) is 5.91 Å². The molecule has 4 nitrogen and oxygen atoms in total. The van der Waals surface area contributed by atoms with E-state index in [1.807, 2.05) is 36.4 Å². The highest BCUT2D eigenvalue weighted by atomic mass is 35.5. The highest BCUT2D eigenvalue weighted by Gasteiger charge is 2.13. The van der Waals surface area contributed by atoms with Gasteiger partial charge in [0.2, 0.25) is 0 Å². The number of nitrogens with one attached hydrogen (secondary N) is 1. The van der Waals surface area contributed by atoms with Crippen molar-refractivity contribution in [1.82, 2.24) is 5.32 Å². The lowest BCUT2D eigenvalue weighted by molar-refractivity contribution is 0.0921. The van der Waals surface area contributed by atoms with Crippen molar-refractivity contribution in [3.05, 3.63) is 77.5 Å². The molecule has 0 aliphatic rings. The number of furan rings is 1. The van der Waals surface area contributed by atoms with Gasteiger partial charge in [-0.15, -0.1) is 0 Å². The van der Waals surface area contributed by atoms with E-state index in [2.05, 4.69) is 5.32 Å². The van der Waals surface area contributed by atoms with Gasteiger partial charge in [-0.3, -0.25) is 4.79 Å². The van der Waals surface area contributed by atoms with Gasteiger partial charge in [0, 0.05) is 10.4 Å². The highest BCUT2D eigenvalue weighted by Crippen LogP contribution is 2.28. The molecular weight excluding hydrogens is 350 g/mol. The first-order chi connectivity index (χ1) is 12.7. The molecule has 1 N–H and O–H groups in total. The van der Waals surface area contributed by atoms with Crippen LogP contribution in [-0.2, 0) is 0 Å². The minimum absolute atomic E-state index is 0.259. The summed E-state index contributed by atoms with van der Waals surface area (Å²) >= 11 is 5.83. The summed E-state index contributed by atoms with van der Waals surface area (Å²) in [6.45, 7) is 0.732. The normalized spacial score (nSPS) is 11.0. The van der Waals surface area contributed by atoms with Gasteiger partial charge < -0.3 is 14.5 Å². The molecule has 5 heteroatoms. The summed E-state index contributed by atoms with van der Waals surface area (Å²) in [5, 5.41) is 6.58. The average molecular weight is 366 g/mol. The maximum Gasteiger partial charge on any atom is 0.287 e. The molecule has 4 rings (SSSR count). The van der Waals surface area contributed by atoms with Gasteiger partial charge in [0.05, 0.1) is 6.54 Å². The molecule has 1 aromatic heterocycles. The molecule has 0 fully saturated rings. The Morgan fingerprint density at radius 3 is 2.65 bits per heavy atom. The molecule has 1 heterocycles. The molecular formula is C21H16ClNO3. The Bertz CT molecular complexity index is 1070. The zero-order chi connectivity index (χ0) is 17.9. The van der Waals surface area contributed by atoms with E-state index < -0.39 is 0 Å². The summed E-state index contributed by atoms with van der Waals surface area (Å²) in [4.78, 5) is 12.3. The van der Waals surface area contributed by atoms with E-state index in [9.17, 15) is 4.79 Å². The van der Waals surface area contributed by atoms with Gasteiger partial charge in [0.15, 0.2) is 5.76 Å². The first-order valence-electron chi connectivity index (χ1n) is 8.28. The van der Waals surface area contributed by atoms with Crippen LogP contribution in [0.3, 0.4) is 0 Å². The van der Waals surface area contributed by atoms with E-state index >= 15 is 0 Å². The van der Waals surface area contributed by atoms with Gasteiger partial charge in [-0.05, 0) is 47.2 Å². The molecule has 0 atom stereocenters. The second-order valence-corrected chi connectivity index (χ2v) is 6.30. The third-order valence-electron chi connectivity index (χ3n) is 4.12. The van der Waals surface area contributed by atoms with Crippen LogP contribution in [0.2, 0.25) is 5.02 Å². The maximum absolute atomic E-state index is 12.3. The summed E-state index contributed by atoms with van der Waals surface area (Å²) in [6.07, 6.45) is 0. The van der Waals surface area contributed by atoms with Crippen molar-refractivity contribution in [1.29, 1.82) is 0 Å². The molecule has 26 heavy (non-hydrogen) atoms. The fraction of sp³-hybridized carbons (Fsp3) is 0.0952. The Labute approximate surface area is 155 Å². The summed E-state index contributed by atoms with van der Waals surface area (Å²) in [7, 11) is 0. The van der Waals surface area contributed by atoms with Crippen molar-refractivity contribution < 1.29 is 13.9 Å². The van der Waals surface area contributed by atoms with Crippen LogP contribution < -0.4 is 10.1 Å². The van der Waals surface area contributed by atoms with Crippen molar-refractivity contribution in [3.63, 3.8) is 0 Å². The smallest absolute Gasteiger partial charge is 0.287 e. The number of hydrogen-bond acceptors (Lipinski definition) is 3. The Morgan fingerprint density at radius 1 is 1.00 bits per heavy atom. The van der Waals surface area contributed by atoms with E-state index in [0.29, 0.717) is 35.3 Å². The number of fused-ring (bicyclic) bond motifs is 3. The average Bonchev–Trinajstić information content (AvgIpc) is 3.11. The number of halogens is 1. The zero-order valence-corrected chi connectivity index (χ0v) is 14.6. The second kappa shape index (κ2) is 7.10. The first-order valence-corrected chi connectivity index (χ1v) is 8.66. The predicted molar refractivity (Wildman–Crippen MR) is 103 cm³/mol. The van der Waals surface area contributed by atoms with E-state index in [0.717, 1.165) is 16.2 Å². The molecule has 3 aromatic carbocycles. The number of ether oxygens (including phenoxy) is 1. The lowest BCUT2D eigenvalue weighted by atomic mass is 10.1. The summed E-state index contributed by atoms with van der Waals surface area (Å²) in [5.41, 5.74) is 0.700. The highest BCUT2D eigenvalue weighted by molar-refractivity contribution is 6.30. The molecule has 0 aliphatic heterocycles. The Morgan fingerprint density at radius 2 is 1.81 bits per heavy atom. The van der Waals surface area contributed by atoms with E-state index in [-0.39, 0.29) is 5.91 Å². The number of benzene rings is 3. The Kier molecular flexibility index (Phi) is 4.50. The van der Waals surface area contributed by atoms with Crippen molar-refractivity contribution in [2.24, 2.45) is 0 Å². The minimum Gasteiger partial charge on any atom is -0.492 e. The molecule has 0 radical (unpaired) electrons. The standard InChI is InChI=1S/C21H16ClNO3/c22-15-6-8-16(9-7-15)25-12-11-23-21(24)20-13-18-17-4-2-1-3-14(17)5-10-19(18)26-20/h1-10,13H,11-12H2,(H,23,24). The lowest BCUT2D eigenvalue weighted by Crippen LogP contribution is -2.27. The largest absolute Gasteiger partial charge is 0.492 e. The van der Waals surface area contributed by atoms with Crippen LogP contribution in [0.5, 0.6) is 5.75 Å². The number of carbonyl (C=O) groups is 1. The van der Waals surface area contributed by atoms with Gasteiger partial charge in [-0.1, -0.05) is 41.9 Å². The molecule has 0 saturated heterocycles. The predicted octanol–water partition coefficient (Wildman–Crippen LogP) is 5.05. The van der Waals surface area contributed by atoms with E-state index in [4.69, 9.17) is 20.8 Å². The molecule has 4 aromatic rings. The summed E-state index contributed by atoms with van der Waals surface area (Å²) in [5.74, 6) is 0.742. The molecule has 0 spiro atoms. The molecule has 1 amide bonds. The Hall–Kier alpha value is -2.98. The van der Waals surface area contributed by atoms with Crippen LogP contribution in [-0.4, -0.2) is 19.1 Å². The summed E-state index contributed by atoms with van der Waals surface area (Å²) in [6, 6.07) is 20.8. The SMILES string of the molecule is O=C(NCCOc1ccc(Cl)cc1)c1cc2c(ccc3ccccc32)o1. The van der Waals surface area contributed by atoms with Crippen molar-refractivity contribution >= 4 is 39.2 Å². The van der Waals surface area contributed by atoms with Crippen LogP contribution in [0.15, 0.2) is 71.1 Å². The van der Waals surface area contributed by atoms with Crippen molar-refractivity contribution in [2.45, 2.75) is 0 Å². The second-order valence-electron chi connectivity index (χ2n) is 5.87. The minimum atomic E-state index is -0.259. The maximum atomic E-state index is 12.3. The molecule has 0 unspecified atom stereocenters. The van der Waals surface area contributed by atoms with Crippen LogP contribution in [0.25, 0.3) is 21.7 Å². The van der Waals surface area contributed by atoms with E-state index in [1.54, 1.807) is 30.3 Å². The third-order valence-corrected chi connectivity index (χ3v) is 4.37. The third kappa shape index (κ3) is 3.37. The van der Waals surface area contributed by atoms with Gasteiger partial charge in [0.1, 0.15) is 17.9 Å². The number of rotatable bonds is 5. The van der Waals surface area contributed by atoms with Crippen LogP contribution >= 0.6 is 11.6 Å². The summed E-state index contributed by atoms with van der Waals surface area (Å²) < 4.78 is 11.3. The fourth-order valence-corrected chi connectivity index (χ4v) is 2.98. The first kappa shape index (κ1) is 16.5. The van der Waals surface area contributed by atoms with Gasteiger partial charge in [-0.25, -0.2) is 0 Å². The van der Waals surface area contributed by atoms with Crippen LogP contribution in [0.1, 0.15) is 10.6 Å². The molecule has 0 aliphatic carbocycles. The van der Waals surface area contributed by atoms with Crippen LogP contribution in [0.4, 0.5) is 0 Å². The number of carbonyl (C=O) groups excluding carboxylic acids is 1. The molecule has 0 saturated carbocycles. The molecule has 130 valence electrons. The van der Waals surface area contributed by atoms with Gasteiger partial charge in [-0.2, -0.15) is 0 Å². The van der Waals surface area contributed by atoms with Gasteiger partial charge >= 0.3 is 0 Å². The lowest BCUT2D eigenvalue weighted by Gasteiger charge is -2.06. The van der Waals surface area contributed by atoms with Crippen molar-refractivity contribution in [2.75, 3.05) is 13.2 Å². The zero-order valence-electron chi connectivity index (χ0n) is 13.9. The Balaban J connectivity index is 1.41.